The SMILES string of the molecule is CC(Cc1c[nH]c2ccccc12)N1CCNCC1. The zero-order valence-electron chi connectivity index (χ0n) is 10.9. The lowest BCUT2D eigenvalue weighted by molar-refractivity contribution is 0.183. The van der Waals surface area contributed by atoms with Crippen LogP contribution in [-0.4, -0.2) is 42.1 Å². The molecule has 0 radical (unpaired) electrons. The van der Waals surface area contributed by atoms with E-state index in [0.717, 1.165) is 19.5 Å². The Hall–Kier alpha value is -1.32. The molecule has 0 bridgehead atoms. The Labute approximate surface area is 108 Å². The van der Waals surface area contributed by atoms with E-state index in [1.54, 1.807) is 0 Å². The number of H-pyrrole nitrogens is 1. The normalized spacial score (nSPS) is 19.2. The molecular weight excluding hydrogens is 222 g/mol. The van der Waals surface area contributed by atoms with Crippen molar-refractivity contribution in [2.24, 2.45) is 0 Å². The Morgan fingerprint density at radius 1 is 1.22 bits per heavy atom. The summed E-state index contributed by atoms with van der Waals surface area (Å²) in [5.74, 6) is 0. The minimum Gasteiger partial charge on any atom is -0.361 e. The molecule has 1 aromatic carbocycles. The average molecular weight is 243 g/mol. The number of piperazine rings is 1. The van der Waals surface area contributed by atoms with Crippen molar-refractivity contribution in [3.63, 3.8) is 0 Å². The first kappa shape index (κ1) is 11.8. The average Bonchev–Trinajstić information content (AvgIpc) is 2.83. The van der Waals surface area contributed by atoms with Crippen LogP contribution in [0.2, 0.25) is 0 Å². The largest absolute Gasteiger partial charge is 0.361 e. The van der Waals surface area contributed by atoms with Gasteiger partial charge in [-0.1, -0.05) is 18.2 Å². The predicted molar refractivity (Wildman–Crippen MR) is 75.9 cm³/mol. The monoisotopic (exact) mass is 243 g/mol. The molecule has 1 unspecified atom stereocenters. The lowest BCUT2D eigenvalue weighted by atomic mass is 10.0. The van der Waals surface area contributed by atoms with E-state index in [4.69, 9.17) is 0 Å². The third-order valence-electron chi connectivity index (χ3n) is 3.97. The topological polar surface area (TPSA) is 31.1 Å². The van der Waals surface area contributed by atoms with E-state index in [0.29, 0.717) is 6.04 Å². The fourth-order valence-electron chi connectivity index (χ4n) is 2.87. The van der Waals surface area contributed by atoms with Crippen LogP contribution in [-0.2, 0) is 6.42 Å². The Morgan fingerprint density at radius 2 is 2.00 bits per heavy atom. The molecule has 18 heavy (non-hydrogen) atoms. The Morgan fingerprint density at radius 3 is 2.83 bits per heavy atom. The smallest absolute Gasteiger partial charge is 0.0456 e. The maximum atomic E-state index is 3.41. The number of benzene rings is 1. The standard InChI is InChI=1S/C15H21N3/c1-12(18-8-6-16-7-9-18)10-13-11-17-15-5-3-2-4-14(13)15/h2-5,11-12,16-17H,6-10H2,1H3. The molecule has 96 valence electrons. The highest BCUT2D eigenvalue weighted by Crippen LogP contribution is 2.20. The van der Waals surface area contributed by atoms with Gasteiger partial charge in [0, 0.05) is 49.3 Å². The predicted octanol–water partition coefficient (Wildman–Crippen LogP) is 2.00. The van der Waals surface area contributed by atoms with E-state index in [-0.39, 0.29) is 0 Å². The number of aromatic nitrogens is 1. The van der Waals surface area contributed by atoms with Crippen LogP contribution in [0.4, 0.5) is 0 Å². The Bertz CT molecular complexity index is 511. The quantitative estimate of drug-likeness (QED) is 0.864. The number of para-hydroxylation sites is 1. The maximum Gasteiger partial charge on any atom is 0.0456 e. The van der Waals surface area contributed by atoms with E-state index in [2.05, 4.69) is 52.6 Å². The maximum absolute atomic E-state index is 3.41. The Balaban J connectivity index is 1.75. The van der Waals surface area contributed by atoms with Crippen LogP contribution in [0.25, 0.3) is 10.9 Å². The summed E-state index contributed by atoms with van der Waals surface area (Å²) in [6.07, 6.45) is 3.30. The lowest BCUT2D eigenvalue weighted by Gasteiger charge is -2.32. The van der Waals surface area contributed by atoms with Crippen LogP contribution in [0.15, 0.2) is 30.5 Å². The molecule has 0 saturated carbocycles. The number of aromatic amines is 1. The van der Waals surface area contributed by atoms with Crippen molar-refractivity contribution in [2.45, 2.75) is 19.4 Å². The number of hydrogen-bond acceptors (Lipinski definition) is 2. The van der Waals surface area contributed by atoms with E-state index in [9.17, 15) is 0 Å². The van der Waals surface area contributed by atoms with Crippen molar-refractivity contribution in [2.75, 3.05) is 26.2 Å². The van der Waals surface area contributed by atoms with Crippen LogP contribution in [0.1, 0.15) is 12.5 Å². The molecule has 1 fully saturated rings. The third-order valence-corrected chi connectivity index (χ3v) is 3.97. The molecule has 2 heterocycles. The fourth-order valence-corrected chi connectivity index (χ4v) is 2.87. The van der Waals surface area contributed by atoms with E-state index in [1.165, 1.54) is 29.6 Å². The highest BCUT2D eigenvalue weighted by atomic mass is 15.2. The van der Waals surface area contributed by atoms with Gasteiger partial charge in [0.15, 0.2) is 0 Å². The number of nitrogens with zero attached hydrogens (tertiary/aromatic N) is 1. The second-order valence-electron chi connectivity index (χ2n) is 5.20. The summed E-state index contributed by atoms with van der Waals surface area (Å²) >= 11 is 0. The summed E-state index contributed by atoms with van der Waals surface area (Å²) in [5, 5.41) is 4.78. The first-order chi connectivity index (χ1) is 8.84. The highest BCUT2D eigenvalue weighted by Gasteiger charge is 2.17. The zero-order valence-corrected chi connectivity index (χ0v) is 10.9. The van der Waals surface area contributed by atoms with Gasteiger partial charge in [0.25, 0.3) is 0 Å². The van der Waals surface area contributed by atoms with Crippen molar-refractivity contribution in [1.29, 1.82) is 0 Å². The van der Waals surface area contributed by atoms with Crippen LogP contribution in [0.3, 0.4) is 0 Å². The summed E-state index contributed by atoms with van der Waals surface area (Å²) in [6.45, 7) is 6.93. The van der Waals surface area contributed by atoms with Crippen molar-refractivity contribution >= 4 is 10.9 Å². The molecule has 2 N–H and O–H groups in total. The zero-order chi connectivity index (χ0) is 12.4. The summed E-state index contributed by atoms with van der Waals surface area (Å²) in [7, 11) is 0. The molecule has 3 nitrogen and oxygen atoms in total. The van der Waals surface area contributed by atoms with Gasteiger partial charge >= 0.3 is 0 Å². The third kappa shape index (κ3) is 2.28. The second-order valence-corrected chi connectivity index (χ2v) is 5.20. The van der Waals surface area contributed by atoms with E-state index >= 15 is 0 Å². The number of fused-ring (bicyclic) bond motifs is 1. The molecule has 1 atom stereocenters. The van der Waals surface area contributed by atoms with Gasteiger partial charge in [0.05, 0.1) is 0 Å². The van der Waals surface area contributed by atoms with Gasteiger partial charge in [-0.2, -0.15) is 0 Å². The van der Waals surface area contributed by atoms with Gasteiger partial charge in [-0.05, 0) is 25.0 Å². The van der Waals surface area contributed by atoms with Gasteiger partial charge in [-0.15, -0.1) is 0 Å². The molecule has 3 heteroatoms. The highest BCUT2D eigenvalue weighted by molar-refractivity contribution is 5.83. The first-order valence-corrected chi connectivity index (χ1v) is 6.84. The Kier molecular flexibility index (Phi) is 3.35. The molecule has 0 spiro atoms. The van der Waals surface area contributed by atoms with Gasteiger partial charge in [0.1, 0.15) is 0 Å². The molecule has 1 aliphatic rings. The number of nitrogens with one attached hydrogen (secondary N) is 2. The summed E-state index contributed by atoms with van der Waals surface area (Å²) in [6, 6.07) is 9.18. The van der Waals surface area contributed by atoms with Crippen LogP contribution >= 0.6 is 0 Å². The molecule has 0 aliphatic carbocycles. The van der Waals surface area contributed by atoms with Gasteiger partial charge in [0.2, 0.25) is 0 Å². The fraction of sp³-hybridized carbons (Fsp3) is 0.467. The first-order valence-electron chi connectivity index (χ1n) is 6.84. The van der Waals surface area contributed by atoms with Gasteiger partial charge < -0.3 is 10.3 Å². The van der Waals surface area contributed by atoms with Crippen molar-refractivity contribution < 1.29 is 0 Å². The summed E-state index contributed by atoms with van der Waals surface area (Å²) in [4.78, 5) is 5.95. The molecule has 3 rings (SSSR count). The molecule has 0 amide bonds. The van der Waals surface area contributed by atoms with E-state index < -0.39 is 0 Å². The van der Waals surface area contributed by atoms with Gasteiger partial charge in [-0.3, -0.25) is 4.90 Å². The second kappa shape index (κ2) is 5.12. The molecule has 1 saturated heterocycles. The minimum atomic E-state index is 0.617. The molecule has 2 aromatic rings. The lowest BCUT2D eigenvalue weighted by Crippen LogP contribution is -2.48. The number of rotatable bonds is 3. The molecular formula is C15H21N3. The van der Waals surface area contributed by atoms with Crippen LogP contribution in [0.5, 0.6) is 0 Å². The van der Waals surface area contributed by atoms with E-state index in [1.807, 2.05) is 0 Å². The number of hydrogen-bond donors (Lipinski definition) is 2. The van der Waals surface area contributed by atoms with Crippen LogP contribution < -0.4 is 5.32 Å². The minimum absolute atomic E-state index is 0.617. The van der Waals surface area contributed by atoms with Gasteiger partial charge in [-0.25, -0.2) is 0 Å². The van der Waals surface area contributed by atoms with Crippen molar-refractivity contribution in [1.82, 2.24) is 15.2 Å². The summed E-state index contributed by atoms with van der Waals surface area (Å²) in [5.41, 5.74) is 2.69. The van der Waals surface area contributed by atoms with Crippen LogP contribution in [0, 0.1) is 0 Å². The summed E-state index contributed by atoms with van der Waals surface area (Å²) < 4.78 is 0. The molecule has 1 aliphatic heterocycles. The molecule has 1 aromatic heterocycles. The van der Waals surface area contributed by atoms with Crippen molar-refractivity contribution in [3.8, 4) is 0 Å². The van der Waals surface area contributed by atoms with Crippen molar-refractivity contribution in [3.05, 3.63) is 36.0 Å².